The number of piperazine rings is 1. The highest BCUT2D eigenvalue weighted by Crippen LogP contribution is 2.34. The molecule has 7 heteroatoms. The number of amides is 2. The van der Waals surface area contributed by atoms with Crippen molar-refractivity contribution in [2.45, 2.75) is 6.92 Å². The number of anilines is 2. The fraction of sp³-hybridized carbons (Fsp3) is 0.300. The first kappa shape index (κ1) is 17.2. The molecule has 140 valence electrons. The summed E-state index contributed by atoms with van der Waals surface area (Å²) in [5.41, 5.74) is 2.40. The van der Waals surface area contributed by atoms with Gasteiger partial charge in [-0.1, -0.05) is 12.1 Å². The molecule has 0 aliphatic carbocycles. The average Bonchev–Trinajstić information content (AvgIpc) is 3.16. The lowest BCUT2D eigenvalue weighted by molar-refractivity contribution is 0.101. The molecule has 7 nitrogen and oxygen atoms in total. The zero-order valence-corrected chi connectivity index (χ0v) is 15.1. The van der Waals surface area contributed by atoms with Crippen molar-refractivity contribution < 1.29 is 19.1 Å². The molecule has 2 aliphatic rings. The van der Waals surface area contributed by atoms with Gasteiger partial charge in [-0.15, -0.1) is 0 Å². The van der Waals surface area contributed by atoms with Crippen molar-refractivity contribution in [3.8, 4) is 11.5 Å². The van der Waals surface area contributed by atoms with Crippen LogP contribution in [0.15, 0.2) is 42.5 Å². The van der Waals surface area contributed by atoms with Gasteiger partial charge >= 0.3 is 6.03 Å². The Balaban J connectivity index is 1.35. The lowest BCUT2D eigenvalue weighted by Crippen LogP contribution is -2.50. The van der Waals surface area contributed by atoms with Gasteiger partial charge in [-0.3, -0.25) is 4.79 Å². The zero-order valence-electron chi connectivity index (χ0n) is 15.1. The van der Waals surface area contributed by atoms with E-state index in [-0.39, 0.29) is 18.6 Å². The van der Waals surface area contributed by atoms with E-state index >= 15 is 0 Å². The zero-order chi connectivity index (χ0) is 18.8. The van der Waals surface area contributed by atoms with Gasteiger partial charge in [-0.25, -0.2) is 4.79 Å². The average molecular weight is 367 g/mol. The fourth-order valence-corrected chi connectivity index (χ4v) is 3.27. The quantitative estimate of drug-likeness (QED) is 0.845. The molecule has 2 heterocycles. The number of benzene rings is 2. The summed E-state index contributed by atoms with van der Waals surface area (Å²) >= 11 is 0. The molecule has 0 radical (unpaired) electrons. The molecule has 2 aliphatic heterocycles. The van der Waals surface area contributed by atoms with Gasteiger partial charge in [0.05, 0.1) is 0 Å². The maximum Gasteiger partial charge on any atom is 0.321 e. The first-order valence-corrected chi connectivity index (χ1v) is 8.92. The van der Waals surface area contributed by atoms with Gasteiger partial charge in [0.15, 0.2) is 17.3 Å². The number of ether oxygens (including phenoxy) is 2. The molecule has 0 bridgehead atoms. The number of carbonyl (C=O) groups excluding carboxylic acids is 2. The Hall–Kier alpha value is -3.22. The SMILES string of the molecule is CC(=O)c1cccc(N2CCN(C(=O)Nc3ccc4c(c3)OCO4)CC2)c1. The van der Waals surface area contributed by atoms with Gasteiger partial charge < -0.3 is 24.6 Å². The summed E-state index contributed by atoms with van der Waals surface area (Å²) in [5.74, 6) is 1.39. The summed E-state index contributed by atoms with van der Waals surface area (Å²) in [6.45, 7) is 4.43. The number of Topliss-reactive ketones (excluding diaryl/α,β-unsaturated/α-hetero) is 1. The van der Waals surface area contributed by atoms with E-state index in [9.17, 15) is 9.59 Å². The van der Waals surface area contributed by atoms with E-state index in [0.717, 1.165) is 18.8 Å². The summed E-state index contributed by atoms with van der Waals surface area (Å²) in [6, 6.07) is 12.8. The second-order valence-electron chi connectivity index (χ2n) is 6.58. The standard InChI is InChI=1S/C20H21N3O4/c1-14(24)15-3-2-4-17(11-15)22-7-9-23(10-8-22)20(25)21-16-5-6-18-19(12-16)27-13-26-18/h2-6,11-12H,7-10,13H2,1H3,(H,21,25). The molecule has 0 atom stereocenters. The number of hydrogen-bond acceptors (Lipinski definition) is 5. The van der Waals surface area contributed by atoms with E-state index in [0.29, 0.717) is 35.8 Å². The largest absolute Gasteiger partial charge is 0.454 e. The monoisotopic (exact) mass is 367 g/mol. The second-order valence-corrected chi connectivity index (χ2v) is 6.58. The van der Waals surface area contributed by atoms with Crippen molar-refractivity contribution in [2.75, 3.05) is 43.2 Å². The second kappa shape index (κ2) is 7.19. The fourth-order valence-electron chi connectivity index (χ4n) is 3.27. The first-order chi connectivity index (χ1) is 13.1. The minimum absolute atomic E-state index is 0.0542. The van der Waals surface area contributed by atoms with Crippen molar-refractivity contribution in [1.29, 1.82) is 0 Å². The minimum atomic E-state index is -0.133. The molecule has 0 saturated carbocycles. The van der Waals surface area contributed by atoms with E-state index in [1.54, 1.807) is 30.0 Å². The Morgan fingerprint density at radius 3 is 2.52 bits per heavy atom. The Bertz CT molecular complexity index is 875. The summed E-state index contributed by atoms with van der Waals surface area (Å²) in [6.07, 6.45) is 0. The van der Waals surface area contributed by atoms with Crippen LogP contribution in [-0.2, 0) is 0 Å². The predicted octanol–water partition coefficient (Wildman–Crippen LogP) is 2.97. The molecule has 4 rings (SSSR count). The van der Waals surface area contributed by atoms with Crippen molar-refractivity contribution >= 4 is 23.2 Å². The molecule has 1 N–H and O–H groups in total. The number of carbonyl (C=O) groups is 2. The van der Waals surface area contributed by atoms with Gasteiger partial charge in [0, 0.05) is 49.2 Å². The van der Waals surface area contributed by atoms with Crippen LogP contribution in [0.5, 0.6) is 11.5 Å². The van der Waals surface area contributed by atoms with Crippen molar-refractivity contribution in [1.82, 2.24) is 4.90 Å². The molecule has 27 heavy (non-hydrogen) atoms. The molecule has 0 aromatic heterocycles. The topological polar surface area (TPSA) is 71.1 Å². The van der Waals surface area contributed by atoms with Crippen molar-refractivity contribution in [3.63, 3.8) is 0 Å². The van der Waals surface area contributed by atoms with Crippen LogP contribution >= 0.6 is 0 Å². The van der Waals surface area contributed by atoms with Gasteiger partial charge in [-0.05, 0) is 31.2 Å². The number of hydrogen-bond donors (Lipinski definition) is 1. The van der Waals surface area contributed by atoms with E-state index < -0.39 is 0 Å². The Labute approximate surface area is 157 Å². The summed E-state index contributed by atoms with van der Waals surface area (Å²) in [5, 5.41) is 2.91. The molecule has 2 amide bonds. The number of nitrogens with zero attached hydrogens (tertiary/aromatic N) is 2. The molecule has 2 aromatic carbocycles. The molecule has 0 unspecified atom stereocenters. The summed E-state index contributed by atoms with van der Waals surface area (Å²) in [4.78, 5) is 28.1. The lowest BCUT2D eigenvalue weighted by atomic mass is 10.1. The normalized spacial score (nSPS) is 15.6. The molecular formula is C20H21N3O4. The first-order valence-electron chi connectivity index (χ1n) is 8.92. The molecule has 1 saturated heterocycles. The smallest absolute Gasteiger partial charge is 0.321 e. The van der Waals surface area contributed by atoms with Crippen molar-refractivity contribution in [3.05, 3.63) is 48.0 Å². The third kappa shape index (κ3) is 3.67. The van der Waals surface area contributed by atoms with Crippen LogP contribution in [-0.4, -0.2) is 49.7 Å². The highest BCUT2D eigenvalue weighted by atomic mass is 16.7. The van der Waals surface area contributed by atoms with Crippen LogP contribution in [0, 0.1) is 0 Å². The molecule has 1 fully saturated rings. The predicted molar refractivity (Wildman–Crippen MR) is 102 cm³/mol. The van der Waals surface area contributed by atoms with Crippen LogP contribution in [0.4, 0.5) is 16.2 Å². The highest BCUT2D eigenvalue weighted by Gasteiger charge is 2.22. The third-order valence-electron chi connectivity index (χ3n) is 4.81. The van der Waals surface area contributed by atoms with E-state index in [1.807, 2.05) is 24.3 Å². The van der Waals surface area contributed by atoms with Gasteiger partial charge in [0.25, 0.3) is 0 Å². The van der Waals surface area contributed by atoms with Crippen molar-refractivity contribution in [2.24, 2.45) is 0 Å². The van der Waals surface area contributed by atoms with Crippen LogP contribution in [0.3, 0.4) is 0 Å². The van der Waals surface area contributed by atoms with Crippen LogP contribution in [0.25, 0.3) is 0 Å². The maximum absolute atomic E-state index is 12.5. The Morgan fingerprint density at radius 1 is 0.963 bits per heavy atom. The van der Waals surface area contributed by atoms with Crippen LogP contribution in [0.1, 0.15) is 17.3 Å². The van der Waals surface area contributed by atoms with Crippen LogP contribution < -0.4 is 19.7 Å². The molecule has 0 spiro atoms. The number of nitrogens with one attached hydrogen (secondary N) is 1. The number of ketones is 1. The third-order valence-corrected chi connectivity index (χ3v) is 4.81. The molecular weight excluding hydrogens is 346 g/mol. The lowest BCUT2D eigenvalue weighted by Gasteiger charge is -2.36. The van der Waals surface area contributed by atoms with Gasteiger partial charge in [0.2, 0.25) is 6.79 Å². The maximum atomic E-state index is 12.5. The van der Waals surface area contributed by atoms with E-state index in [2.05, 4.69) is 10.2 Å². The Morgan fingerprint density at radius 2 is 1.74 bits per heavy atom. The summed E-state index contributed by atoms with van der Waals surface area (Å²) < 4.78 is 10.6. The summed E-state index contributed by atoms with van der Waals surface area (Å²) in [7, 11) is 0. The van der Waals surface area contributed by atoms with Gasteiger partial charge in [0.1, 0.15) is 0 Å². The van der Waals surface area contributed by atoms with Gasteiger partial charge in [-0.2, -0.15) is 0 Å². The highest BCUT2D eigenvalue weighted by molar-refractivity contribution is 5.95. The molecule has 2 aromatic rings. The number of fused-ring (bicyclic) bond motifs is 1. The minimum Gasteiger partial charge on any atom is -0.454 e. The van der Waals surface area contributed by atoms with E-state index in [1.165, 1.54) is 0 Å². The number of rotatable bonds is 3. The Kier molecular flexibility index (Phi) is 4.58. The number of urea groups is 1. The van der Waals surface area contributed by atoms with Crippen LogP contribution in [0.2, 0.25) is 0 Å². The van der Waals surface area contributed by atoms with E-state index in [4.69, 9.17) is 9.47 Å².